The van der Waals surface area contributed by atoms with Crippen molar-refractivity contribution >= 4 is 35.2 Å². The molecule has 0 N–H and O–H groups in total. The summed E-state index contributed by atoms with van der Waals surface area (Å²) in [5, 5.41) is 14.7. The number of aromatic nitrogens is 2. The van der Waals surface area contributed by atoms with Crippen molar-refractivity contribution < 1.29 is 4.52 Å². The van der Waals surface area contributed by atoms with E-state index in [-0.39, 0.29) is 0 Å². The molecule has 1 aromatic heterocycles. The first-order chi connectivity index (χ1) is 13.6. The van der Waals surface area contributed by atoms with Gasteiger partial charge in [0.25, 0.3) is 0 Å². The minimum absolute atomic E-state index is 0.386. The van der Waals surface area contributed by atoms with E-state index in [1.54, 1.807) is 0 Å². The molecule has 8 heteroatoms. The van der Waals surface area contributed by atoms with Crippen LogP contribution in [0.3, 0.4) is 0 Å². The van der Waals surface area contributed by atoms with E-state index in [4.69, 9.17) is 26.6 Å². The van der Waals surface area contributed by atoms with Gasteiger partial charge in [-0.2, -0.15) is 15.4 Å². The van der Waals surface area contributed by atoms with Gasteiger partial charge in [-0.3, -0.25) is 0 Å². The molecule has 146 valence electrons. The molecule has 0 spiro atoms. The Balaban J connectivity index is 1.85. The number of nitriles is 1. The van der Waals surface area contributed by atoms with Gasteiger partial charge < -0.3 is 4.52 Å². The largest absolute Gasteiger partial charge is 0.431 e. The van der Waals surface area contributed by atoms with E-state index >= 15 is 0 Å². The lowest BCUT2D eigenvalue weighted by Crippen LogP contribution is -2.32. The second-order valence-electron chi connectivity index (χ2n) is 7.15. The summed E-state index contributed by atoms with van der Waals surface area (Å²) in [5.74, 6) is 1.34. The van der Waals surface area contributed by atoms with Crippen molar-refractivity contribution in [3.8, 4) is 6.07 Å². The maximum absolute atomic E-state index is 9.03. The first kappa shape index (κ1) is 19.3. The molecule has 2 aliphatic rings. The molecular formula is C20H24N5OPS. The van der Waals surface area contributed by atoms with Crippen LogP contribution in [0.2, 0.25) is 0 Å². The highest BCUT2D eigenvalue weighted by Gasteiger charge is 2.41. The van der Waals surface area contributed by atoms with Gasteiger partial charge in [0.1, 0.15) is 5.30 Å². The van der Waals surface area contributed by atoms with Gasteiger partial charge in [0.15, 0.2) is 5.82 Å². The monoisotopic (exact) mass is 413 g/mol. The van der Waals surface area contributed by atoms with Crippen LogP contribution in [0.1, 0.15) is 43.4 Å². The summed E-state index contributed by atoms with van der Waals surface area (Å²) in [7, 11) is 0. The number of hydrogen-bond donors (Lipinski definition) is 0. The summed E-state index contributed by atoms with van der Waals surface area (Å²) in [5.41, 5.74) is 1.79. The van der Waals surface area contributed by atoms with Gasteiger partial charge in [0.05, 0.1) is 24.7 Å². The van der Waals surface area contributed by atoms with Crippen LogP contribution < -0.4 is 5.30 Å². The normalized spacial score (nSPS) is 22.5. The lowest BCUT2D eigenvalue weighted by Gasteiger charge is -2.36. The van der Waals surface area contributed by atoms with Crippen LogP contribution in [-0.4, -0.2) is 33.4 Å². The maximum atomic E-state index is 9.03. The van der Waals surface area contributed by atoms with Crippen molar-refractivity contribution in [2.75, 3.05) is 13.1 Å². The summed E-state index contributed by atoms with van der Waals surface area (Å²) >= 11 is 6.29. The smallest absolute Gasteiger partial charge is 0.227 e. The van der Waals surface area contributed by atoms with Crippen molar-refractivity contribution in [3.05, 3.63) is 41.6 Å². The summed E-state index contributed by atoms with van der Waals surface area (Å²) in [4.78, 5) is 4.82. The minimum Gasteiger partial charge on any atom is -0.431 e. The van der Waals surface area contributed by atoms with Crippen LogP contribution in [0.5, 0.6) is 0 Å². The number of hydrogen-bond acceptors (Lipinski definition) is 5. The Morgan fingerprint density at radius 1 is 1.18 bits per heavy atom. The first-order valence-electron chi connectivity index (χ1n) is 9.77. The number of fused-ring (bicyclic) bond motifs is 1. The van der Waals surface area contributed by atoms with Crippen molar-refractivity contribution in [2.24, 2.45) is 4.99 Å². The summed E-state index contributed by atoms with van der Waals surface area (Å²) in [6.07, 6.45) is 2.62. The minimum atomic E-state index is -2.51. The van der Waals surface area contributed by atoms with Crippen LogP contribution in [0.4, 0.5) is 5.82 Å². The predicted octanol–water partition coefficient (Wildman–Crippen LogP) is 4.02. The van der Waals surface area contributed by atoms with Crippen LogP contribution in [0.15, 0.2) is 35.3 Å². The zero-order valence-electron chi connectivity index (χ0n) is 16.0. The average molecular weight is 413 g/mol. The fourth-order valence-electron chi connectivity index (χ4n) is 3.81. The SMILES string of the molecule is Cc1nn(CCC#N)c2c1[P@@](=S)(N1CCCCCC1)OC(c1ccccc1)=N2. The zero-order valence-corrected chi connectivity index (χ0v) is 17.8. The maximum Gasteiger partial charge on any atom is 0.227 e. The fourth-order valence-corrected chi connectivity index (χ4v) is 7.70. The lowest BCUT2D eigenvalue weighted by molar-refractivity contribution is 0.424. The van der Waals surface area contributed by atoms with E-state index in [9.17, 15) is 0 Å². The third-order valence-electron chi connectivity index (χ3n) is 5.18. The Morgan fingerprint density at radius 2 is 1.89 bits per heavy atom. The van der Waals surface area contributed by atoms with Gasteiger partial charge in [0.2, 0.25) is 12.3 Å². The van der Waals surface area contributed by atoms with Crippen LogP contribution in [0, 0.1) is 18.3 Å². The number of benzene rings is 1. The van der Waals surface area contributed by atoms with Gasteiger partial charge in [-0.25, -0.2) is 9.35 Å². The second kappa shape index (κ2) is 8.16. The Kier molecular flexibility index (Phi) is 5.63. The Labute approximate surface area is 171 Å². The first-order valence-corrected chi connectivity index (χ1v) is 12.4. The Bertz CT molecular complexity index is 970. The van der Waals surface area contributed by atoms with Gasteiger partial charge >= 0.3 is 0 Å². The molecule has 2 aliphatic heterocycles. The van der Waals surface area contributed by atoms with Gasteiger partial charge in [-0.1, -0.05) is 31.0 Å². The average Bonchev–Trinajstić information content (AvgIpc) is 2.89. The van der Waals surface area contributed by atoms with Crippen molar-refractivity contribution in [2.45, 2.75) is 45.6 Å². The quantitative estimate of drug-likeness (QED) is 0.708. The third-order valence-corrected chi connectivity index (χ3v) is 9.30. The molecule has 3 heterocycles. The standard InChI is InChI=1S/C20H24N5OPS/c1-16-18-19(25(23-16)15-9-12-21)22-20(17-10-5-4-6-11-17)26-27(18,28)24-13-7-2-3-8-14-24/h4-6,10-11H,2-3,7-9,13-15H2,1H3/t27-/m1/s1. The molecular weight excluding hydrogens is 389 g/mol. The summed E-state index contributed by atoms with van der Waals surface area (Å²) in [6, 6.07) is 12.1. The van der Waals surface area contributed by atoms with E-state index < -0.39 is 6.42 Å². The Hall–Kier alpha value is -2.00. The highest BCUT2D eigenvalue weighted by atomic mass is 32.4. The lowest BCUT2D eigenvalue weighted by atomic mass is 10.2. The van der Waals surface area contributed by atoms with E-state index in [2.05, 4.69) is 15.8 Å². The van der Waals surface area contributed by atoms with Gasteiger partial charge in [-0.15, -0.1) is 0 Å². The van der Waals surface area contributed by atoms with Crippen molar-refractivity contribution in [1.82, 2.24) is 14.5 Å². The molecule has 28 heavy (non-hydrogen) atoms. The molecule has 0 bridgehead atoms. The fraction of sp³-hybridized carbons (Fsp3) is 0.450. The Morgan fingerprint density at radius 3 is 2.57 bits per heavy atom. The van der Waals surface area contributed by atoms with Crippen molar-refractivity contribution in [1.29, 1.82) is 5.26 Å². The number of nitrogens with zero attached hydrogens (tertiary/aromatic N) is 5. The molecule has 0 radical (unpaired) electrons. The number of aliphatic imine (C=N–C) groups is 1. The van der Waals surface area contributed by atoms with E-state index in [0.717, 1.165) is 48.3 Å². The molecule has 4 rings (SSSR count). The molecule has 1 atom stereocenters. The van der Waals surface area contributed by atoms with Crippen LogP contribution >= 0.6 is 6.42 Å². The van der Waals surface area contributed by atoms with Crippen LogP contribution in [0.25, 0.3) is 0 Å². The third kappa shape index (κ3) is 3.53. The topological polar surface area (TPSA) is 66.4 Å². The predicted molar refractivity (Wildman–Crippen MR) is 115 cm³/mol. The molecule has 2 aromatic rings. The highest BCUT2D eigenvalue weighted by Crippen LogP contribution is 2.56. The number of rotatable bonds is 4. The highest BCUT2D eigenvalue weighted by molar-refractivity contribution is 8.15. The molecule has 1 aromatic carbocycles. The number of aryl methyl sites for hydroxylation is 2. The van der Waals surface area contributed by atoms with Gasteiger partial charge in [-0.05, 0) is 43.7 Å². The molecule has 1 fully saturated rings. The summed E-state index contributed by atoms with van der Waals surface area (Å²) in [6.45, 7) is 4.38. The van der Waals surface area contributed by atoms with Crippen molar-refractivity contribution in [3.63, 3.8) is 0 Å². The molecule has 6 nitrogen and oxygen atoms in total. The van der Waals surface area contributed by atoms with E-state index in [1.165, 1.54) is 12.8 Å². The molecule has 0 unspecified atom stereocenters. The zero-order chi connectivity index (χ0) is 19.6. The van der Waals surface area contributed by atoms with Crippen LogP contribution in [-0.2, 0) is 22.9 Å². The molecule has 1 saturated heterocycles. The summed E-state index contributed by atoms with van der Waals surface area (Å²) < 4.78 is 10.8. The molecule has 0 aliphatic carbocycles. The second-order valence-corrected chi connectivity index (χ2v) is 10.9. The van der Waals surface area contributed by atoms with E-state index in [0.29, 0.717) is 18.9 Å². The molecule has 0 saturated carbocycles. The van der Waals surface area contributed by atoms with Gasteiger partial charge in [0, 0.05) is 18.7 Å². The van der Waals surface area contributed by atoms with E-state index in [1.807, 2.05) is 41.9 Å². The molecule has 0 amide bonds.